The summed E-state index contributed by atoms with van der Waals surface area (Å²) < 4.78 is 11.3. The predicted octanol–water partition coefficient (Wildman–Crippen LogP) is 3.67. The van der Waals surface area contributed by atoms with Crippen molar-refractivity contribution in [1.29, 1.82) is 0 Å². The third-order valence-corrected chi connectivity index (χ3v) is 5.42. The van der Waals surface area contributed by atoms with Crippen molar-refractivity contribution in [2.45, 2.75) is 24.9 Å². The third kappa shape index (κ3) is 6.01. The molecule has 7 nitrogen and oxygen atoms in total. The number of aliphatic imine (C=N–C) groups is 1. The first-order valence-corrected chi connectivity index (χ1v) is 10.9. The Hall–Kier alpha value is -2.58. The molecule has 0 radical (unpaired) electrons. The number of hydrazine groups is 1. The second kappa shape index (κ2) is 11.3. The quantitative estimate of drug-likeness (QED) is 0.261. The summed E-state index contributed by atoms with van der Waals surface area (Å²) in [6, 6.07) is 12.4. The number of hydrogen-bond donors (Lipinski definition) is 3. The van der Waals surface area contributed by atoms with Gasteiger partial charge in [-0.15, -0.1) is 6.58 Å². The minimum Gasteiger partial charge on any atom is -0.494 e. The lowest BCUT2D eigenvalue weighted by molar-refractivity contribution is -0.127. The molecule has 0 aromatic heterocycles. The maximum Gasteiger partial charge on any atom is 0.266 e. The van der Waals surface area contributed by atoms with E-state index >= 15 is 0 Å². The summed E-state index contributed by atoms with van der Waals surface area (Å²) in [6.07, 6.45) is 2.52. The summed E-state index contributed by atoms with van der Waals surface area (Å²) in [5.41, 5.74) is 5.99. The molecule has 0 spiro atoms. The Balaban J connectivity index is 1.65. The van der Waals surface area contributed by atoms with Crippen molar-refractivity contribution >= 4 is 35.0 Å². The molecule has 170 valence electrons. The van der Waals surface area contributed by atoms with Crippen LogP contribution in [0.2, 0.25) is 10.0 Å². The number of amides is 1. The van der Waals surface area contributed by atoms with Crippen LogP contribution in [0.25, 0.3) is 0 Å². The highest BCUT2D eigenvalue weighted by molar-refractivity contribution is 6.35. The molecule has 0 saturated heterocycles. The summed E-state index contributed by atoms with van der Waals surface area (Å²) in [4.78, 5) is 17.6. The van der Waals surface area contributed by atoms with E-state index in [0.29, 0.717) is 47.7 Å². The number of nitrogens with zero attached hydrogens (tertiary/aromatic N) is 1. The van der Waals surface area contributed by atoms with Gasteiger partial charge in [0.2, 0.25) is 5.90 Å². The molecule has 0 saturated carbocycles. The van der Waals surface area contributed by atoms with E-state index in [9.17, 15) is 4.79 Å². The van der Waals surface area contributed by atoms with Crippen LogP contribution in [0.3, 0.4) is 0 Å². The van der Waals surface area contributed by atoms with Gasteiger partial charge in [0.1, 0.15) is 12.4 Å². The SMILES string of the molecule is C=CC[C@@]1(C(=O)NNCc2ccc(Cl)cc2Cl)COC(c2ccc(OCCCO)cc2)=N1. The average molecular weight is 478 g/mol. The fourth-order valence-corrected chi connectivity index (χ4v) is 3.57. The van der Waals surface area contributed by atoms with Gasteiger partial charge in [-0.1, -0.05) is 35.3 Å². The fraction of sp³-hybridized carbons (Fsp3) is 0.304. The third-order valence-electron chi connectivity index (χ3n) is 4.84. The van der Waals surface area contributed by atoms with E-state index in [1.807, 2.05) is 12.1 Å². The number of aliphatic hydroxyl groups is 1. The molecule has 9 heteroatoms. The van der Waals surface area contributed by atoms with Crippen LogP contribution in [0.5, 0.6) is 5.75 Å². The number of nitrogens with one attached hydrogen (secondary N) is 2. The van der Waals surface area contributed by atoms with Crippen molar-refractivity contribution in [3.8, 4) is 5.75 Å². The van der Waals surface area contributed by atoms with E-state index in [1.165, 1.54) is 0 Å². The van der Waals surface area contributed by atoms with Gasteiger partial charge in [0.25, 0.3) is 5.91 Å². The Morgan fingerprint density at radius 3 is 2.75 bits per heavy atom. The monoisotopic (exact) mass is 477 g/mol. The molecule has 2 aromatic rings. The summed E-state index contributed by atoms with van der Waals surface area (Å²) >= 11 is 12.1. The standard InChI is InChI=1S/C23H25Cl2N3O4/c1-2-10-23(22(30)28-26-14-17-4-7-18(24)13-20(17)25)15-32-21(27-23)16-5-8-19(9-6-16)31-12-3-11-29/h2,4-9,13,26,29H,1,3,10-12,14-15H2,(H,28,30)/t23-/m0/s1. The molecule has 32 heavy (non-hydrogen) atoms. The first-order chi connectivity index (χ1) is 15.5. The molecule has 0 fully saturated rings. The zero-order valence-electron chi connectivity index (χ0n) is 17.4. The van der Waals surface area contributed by atoms with Gasteiger partial charge in [-0.3, -0.25) is 10.2 Å². The van der Waals surface area contributed by atoms with Crippen LogP contribution in [-0.2, 0) is 16.1 Å². The highest BCUT2D eigenvalue weighted by Gasteiger charge is 2.43. The van der Waals surface area contributed by atoms with Crippen LogP contribution in [-0.4, -0.2) is 42.3 Å². The predicted molar refractivity (Wildman–Crippen MR) is 125 cm³/mol. The maximum atomic E-state index is 13.0. The summed E-state index contributed by atoms with van der Waals surface area (Å²) in [6.45, 7) is 4.69. The van der Waals surface area contributed by atoms with Crippen molar-refractivity contribution in [3.63, 3.8) is 0 Å². The maximum absolute atomic E-state index is 13.0. The lowest BCUT2D eigenvalue weighted by Crippen LogP contribution is -2.51. The number of ether oxygens (including phenoxy) is 2. The zero-order valence-corrected chi connectivity index (χ0v) is 19.0. The van der Waals surface area contributed by atoms with Crippen LogP contribution in [0.1, 0.15) is 24.0 Å². The molecule has 1 aliphatic heterocycles. The largest absolute Gasteiger partial charge is 0.494 e. The Kier molecular flexibility index (Phi) is 8.53. The Morgan fingerprint density at radius 2 is 2.06 bits per heavy atom. The zero-order chi connectivity index (χ0) is 23.0. The highest BCUT2D eigenvalue weighted by atomic mass is 35.5. The van der Waals surface area contributed by atoms with E-state index in [2.05, 4.69) is 22.4 Å². The number of carbonyl (C=O) groups is 1. The molecule has 3 rings (SSSR count). The molecule has 1 amide bonds. The van der Waals surface area contributed by atoms with Crippen molar-refractivity contribution in [2.24, 2.45) is 4.99 Å². The Morgan fingerprint density at radius 1 is 1.28 bits per heavy atom. The molecule has 1 aliphatic rings. The average Bonchev–Trinajstić information content (AvgIpc) is 3.21. The van der Waals surface area contributed by atoms with E-state index in [-0.39, 0.29) is 19.1 Å². The Labute approximate surface area is 197 Å². The second-order valence-corrected chi connectivity index (χ2v) is 8.07. The first-order valence-electron chi connectivity index (χ1n) is 10.1. The van der Waals surface area contributed by atoms with Gasteiger partial charge in [-0.2, -0.15) is 0 Å². The van der Waals surface area contributed by atoms with Gasteiger partial charge in [0, 0.05) is 41.6 Å². The number of carbonyl (C=O) groups excluding carboxylic acids is 1. The number of aliphatic hydroxyl groups excluding tert-OH is 1. The molecular formula is C23H25Cl2N3O4. The molecule has 1 atom stereocenters. The van der Waals surface area contributed by atoms with Crippen LogP contribution < -0.4 is 15.6 Å². The molecule has 1 heterocycles. The normalized spacial score (nSPS) is 17.4. The van der Waals surface area contributed by atoms with Crippen LogP contribution in [0.4, 0.5) is 0 Å². The number of benzene rings is 2. The minimum absolute atomic E-state index is 0.0811. The fourth-order valence-electron chi connectivity index (χ4n) is 3.10. The van der Waals surface area contributed by atoms with E-state index in [1.54, 1.807) is 36.4 Å². The first kappa shape index (κ1) is 24.1. The van der Waals surface area contributed by atoms with E-state index in [0.717, 1.165) is 11.1 Å². The summed E-state index contributed by atoms with van der Waals surface area (Å²) in [5, 5.41) is 9.89. The topological polar surface area (TPSA) is 92.2 Å². The van der Waals surface area contributed by atoms with Crippen molar-refractivity contribution in [3.05, 3.63) is 76.3 Å². The molecule has 3 N–H and O–H groups in total. The minimum atomic E-state index is -1.12. The lowest BCUT2D eigenvalue weighted by Gasteiger charge is -2.21. The molecule has 2 aromatic carbocycles. The molecular weight excluding hydrogens is 453 g/mol. The smallest absolute Gasteiger partial charge is 0.266 e. The Bertz CT molecular complexity index is 982. The van der Waals surface area contributed by atoms with Gasteiger partial charge in [0.15, 0.2) is 5.54 Å². The second-order valence-electron chi connectivity index (χ2n) is 7.22. The number of hydrogen-bond acceptors (Lipinski definition) is 6. The van der Waals surface area contributed by atoms with Crippen LogP contribution >= 0.6 is 23.2 Å². The molecule has 0 bridgehead atoms. The van der Waals surface area contributed by atoms with Gasteiger partial charge in [-0.05, 0) is 42.0 Å². The van der Waals surface area contributed by atoms with Gasteiger partial charge >= 0.3 is 0 Å². The summed E-state index contributed by atoms with van der Waals surface area (Å²) in [7, 11) is 0. The van der Waals surface area contributed by atoms with Crippen molar-refractivity contribution in [1.82, 2.24) is 10.9 Å². The van der Waals surface area contributed by atoms with Crippen molar-refractivity contribution < 1.29 is 19.4 Å². The highest BCUT2D eigenvalue weighted by Crippen LogP contribution is 2.27. The van der Waals surface area contributed by atoms with Crippen molar-refractivity contribution in [2.75, 3.05) is 19.8 Å². The lowest BCUT2D eigenvalue weighted by atomic mass is 9.97. The van der Waals surface area contributed by atoms with Crippen LogP contribution in [0.15, 0.2) is 60.1 Å². The van der Waals surface area contributed by atoms with Gasteiger partial charge in [-0.25, -0.2) is 10.4 Å². The molecule has 0 aliphatic carbocycles. The number of halogens is 2. The van der Waals surface area contributed by atoms with Gasteiger partial charge in [0.05, 0.1) is 6.61 Å². The summed E-state index contributed by atoms with van der Waals surface area (Å²) in [5.74, 6) is 0.729. The van der Waals surface area contributed by atoms with E-state index in [4.69, 9.17) is 37.8 Å². The number of rotatable bonds is 11. The molecule has 0 unspecified atom stereocenters. The van der Waals surface area contributed by atoms with E-state index < -0.39 is 5.54 Å². The van der Waals surface area contributed by atoms with Gasteiger partial charge < -0.3 is 14.6 Å². The van der Waals surface area contributed by atoms with Crippen LogP contribution in [0, 0.1) is 0 Å².